The molecule has 0 aliphatic rings. The van der Waals surface area contributed by atoms with Gasteiger partial charge in [-0.2, -0.15) is 0 Å². The number of carbonyl (C=O) groups excluding carboxylic acids is 2. The topological polar surface area (TPSA) is 241 Å². The summed E-state index contributed by atoms with van der Waals surface area (Å²) in [5.41, 5.74) is 0. The predicted molar refractivity (Wildman–Crippen MR) is 44.6 cm³/mol. The third-order valence-corrected chi connectivity index (χ3v) is 0. The molecule has 0 aliphatic heterocycles. The molecule has 0 unspecified atom stereocenters. The predicted octanol–water partition coefficient (Wildman–Crippen LogP) is -7.17. The summed E-state index contributed by atoms with van der Waals surface area (Å²) in [5, 5.41) is 33.3. The second-order valence-electron chi connectivity index (χ2n) is 0.947. The summed E-state index contributed by atoms with van der Waals surface area (Å²) < 4.78 is 33.9. The molecular weight excluding hydrogens is 398 g/mol. The molecule has 17 heteroatoms. The minimum atomic E-state index is -3.37. The number of hydrogen-bond acceptors (Lipinski definition) is 12. The normalized spacial score (nSPS) is 5.16. The molecule has 0 atom stereocenters. The van der Waals surface area contributed by atoms with Crippen LogP contribution in [0.4, 0.5) is 9.59 Å². The van der Waals surface area contributed by atoms with Gasteiger partial charge in [-0.15, -0.1) is 0 Å². The minimum Gasteiger partial charge on any atom is -0.744 e. The van der Waals surface area contributed by atoms with Gasteiger partial charge in [-0.3, -0.25) is 18.3 Å². The number of carbonyl (C=O) groups is 2. The van der Waals surface area contributed by atoms with E-state index in [2.05, 4.69) is 0 Å². The van der Waals surface area contributed by atoms with Crippen molar-refractivity contribution in [2.24, 2.45) is 0 Å². The van der Waals surface area contributed by atoms with Crippen molar-refractivity contribution in [3.05, 3.63) is 0 Å². The van der Waals surface area contributed by atoms with E-state index < -0.39 is 28.1 Å². The van der Waals surface area contributed by atoms with Gasteiger partial charge in [0.1, 0.15) is 0 Å². The van der Waals surface area contributed by atoms with Crippen LogP contribution in [0.3, 0.4) is 0 Å². The molecule has 0 rings (SSSR count). The van der Waals surface area contributed by atoms with E-state index in [0.29, 0.717) is 0 Å². The summed E-state index contributed by atoms with van der Waals surface area (Å²) in [6.45, 7) is 0. The summed E-state index contributed by atoms with van der Waals surface area (Å²) >= 11 is 0. The Kier molecular flexibility index (Phi) is 83.1. The number of rotatable bonds is 0. The monoisotopic (exact) mass is 398 g/mol. The molecule has 0 aliphatic carbocycles. The van der Waals surface area contributed by atoms with Crippen LogP contribution in [0.2, 0.25) is 0 Å². The van der Waals surface area contributed by atoms with E-state index in [1.807, 2.05) is 0 Å². The molecule has 0 radical (unpaired) electrons. The fourth-order valence-electron chi connectivity index (χ4n) is 0. The maximum Gasteiger partial charge on any atom is 2.00 e. The molecule has 96 valence electrons. The average molecular weight is 398 g/mol. The standard InChI is InChI=1S/2CH2O3.3Ca.2HO3P/c2*2-1(3)4;;;;2*1-4(2)3/h2*(H2,2,3,4);;;;2*(H,1,2,3)/q;;3*+2;;/p-6. The molecule has 0 spiro atoms. The van der Waals surface area contributed by atoms with Gasteiger partial charge in [-0.25, -0.2) is 0 Å². The quantitative estimate of drug-likeness (QED) is 0.273. The van der Waals surface area contributed by atoms with Crippen LogP contribution in [-0.4, -0.2) is 126 Å². The first-order valence-electron chi connectivity index (χ1n) is 2.32. The van der Waals surface area contributed by atoms with Crippen molar-refractivity contribution in [1.29, 1.82) is 0 Å². The molecule has 0 amide bonds. The molecule has 19 heavy (non-hydrogen) atoms. The maximum absolute atomic E-state index is 8.48. The van der Waals surface area contributed by atoms with Crippen molar-refractivity contribution in [1.82, 2.24) is 0 Å². The van der Waals surface area contributed by atoms with Crippen molar-refractivity contribution in [2.45, 2.75) is 0 Å². The molecular formula is C2Ca3O12P2. The summed E-state index contributed by atoms with van der Waals surface area (Å²) in [7, 11) is -6.74. The largest absolute Gasteiger partial charge is 2.00 e. The van der Waals surface area contributed by atoms with Crippen LogP contribution in [-0.2, 0) is 18.3 Å². The van der Waals surface area contributed by atoms with E-state index in [-0.39, 0.29) is 113 Å². The Labute approximate surface area is 196 Å². The summed E-state index contributed by atoms with van der Waals surface area (Å²) in [6, 6.07) is 0. The fraction of sp³-hybridized carbons (Fsp3) is 0. The van der Waals surface area contributed by atoms with Gasteiger partial charge in [0.05, 0.1) is 0 Å². The van der Waals surface area contributed by atoms with Gasteiger partial charge >= 0.3 is 113 Å². The zero-order valence-electron chi connectivity index (χ0n) is 8.91. The van der Waals surface area contributed by atoms with Crippen LogP contribution in [0.5, 0.6) is 0 Å². The first kappa shape index (κ1) is 42.9. The summed E-state index contributed by atoms with van der Waals surface area (Å²) in [5.74, 6) is 0. The van der Waals surface area contributed by atoms with E-state index in [0.717, 1.165) is 0 Å². The maximum atomic E-state index is 8.48. The second-order valence-corrected chi connectivity index (χ2v) is 1.84. The van der Waals surface area contributed by atoms with Crippen LogP contribution in [0, 0.1) is 0 Å². The van der Waals surface area contributed by atoms with Crippen LogP contribution in [0.25, 0.3) is 0 Å². The smallest absolute Gasteiger partial charge is 0.744 e. The van der Waals surface area contributed by atoms with Gasteiger partial charge in [0.25, 0.3) is 0 Å². The van der Waals surface area contributed by atoms with Crippen molar-refractivity contribution in [2.75, 3.05) is 0 Å². The van der Waals surface area contributed by atoms with E-state index in [1.54, 1.807) is 0 Å². The first-order valence-corrected chi connectivity index (χ1v) is 4.51. The fourth-order valence-corrected chi connectivity index (χ4v) is 0. The molecule has 0 aromatic rings. The van der Waals surface area contributed by atoms with Gasteiger partial charge in [0.2, 0.25) is 15.8 Å². The van der Waals surface area contributed by atoms with E-state index in [4.69, 9.17) is 58.1 Å². The van der Waals surface area contributed by atoms with Gasteiger partial charge < -0.3 is 39.8 Å². The number of carboxylic acid groups (broad SMARTS) is 4. The van der Waals surface area contributed by atoms with E-state index in [9.17, 15) is 0 Å². The van der Waals surface area contributed by atoms with Crippen LogP contribution >= 0.6 is 15.8 Å². The minimum absolute atomic E-state index is 0. The molecule has 0 heterocycles. The third kappa shape index (κ3) is 1570. The van der Waals surface area contributed by atoms with Crippen molar-refractivity contribution in [3.8, 4) is 0 Å². The van der Waals surface area contributed by atoms with Crippen molar-refractivity contribution >= 4 is 141 Å². The second kappa shape index (κ2) is 36.9. The zero-order chi connectivity index (χ0) is 14.3. The molecule has 0 aromatic heterocycles. The Morgan fingerprint density at radius 1 is 0.579 bits per heavy atom. The van der Waals surface area contributed by atoms with Gasteiger partial charge in [0.15, 0.2) is 0 Å². The summed E-state index contributed by atoms with van der Waals surface area (Å²) in [6.07, 6.45) is -4.67. The van der Waals surface area contributed by atoms with E-state index in [1.165, 1.54) is 0 Å². The molecule has 0 saturated carbocycles. The van der Waals surface area contributed by atoms with Crippen molar-refractivity contribution < 1.29 is 58.1 Å². The molecule has 0 N–H and O–H groups in total. The van der Waals surface area contributed by atoms with Gasteiger partial charge in [-0.1, -0.05) is 0 Å². The first-order chi connectivity index (χ1) is 6.93. The van der Waals surface area contributed by atoms with Gasteiger partial charge in [0, 0.05) is 0 Å². The Morgan fingerprint density at radius 2 is 0.579 bits per heavy atom. The number of hydrogen-bond donors (Lipinski definition) is 0. The molecule has 0 bridgehead atoms. The van der Waals surface area contributed by atoms with Crippen LogP contribution in [0.1, 0.15) is 0 Å². The molecule has 12 nitrogen and oxygen atoms in total. The molecule has 0 aromatic carbocycles. The van der Waals surface area contributed by atoms with Gasteiger partial charge in [-0.05, 0) is 12.3 Å². The molecule has 0 saturated heterocycles. The van der Waals surface area contributed by atoms with Crippen molar-refractivity contribution in [3.63, 3.8) is 0 Å². The SMILES string of the molecule is O=C([O-])[O-].O=C([O-])[O-].O=P(=O)[O-].O=P(=O)[O-].[Ca+2].[Ca+2].[Ca+2]. The third-order valence-electron chi connectivity index (χ3n) is 0. The van der Waals surface area contributed by atoms with Crippen LogP contribution in [0.15, 0.2) is 0 Å². The average Bonchev–Trinajstić information content (AvgIpc) is 1.76. The summed E-state index contributed by atoms with van der Waals surface area (Å²) in [4.78, 5) is 33.6. The Bertz CT molecular complexity index is 265. The molecule has 0 fully saturated rings. The Balaban J connectivity index is -0.0000000192. The Morgan fingerprint density at radius 3 is 0.579 bits per heavy atom. The van der Waals surface area contributed by atoms with Crippen LogP contribution < -0.4 is 30.2 Å². The van der Waals surface area contributed by atoms with E-state index >= 15 is 0 Å². The Hall–Kier alpha value is 2.04. The zero-order valence-corrected chi connectivity index (χ0v) is 17.3.